The van der Waals surface area contributed by atoms with Gasteiger partial charge < -0.3 is 15.3 Å². The minimum Gasteiger partial charge on any atom is -0.393 e. The van der Waals surface area contributed by atoms with Gasteiger partial charge in [0.05, 0.1) is 6.10 Å². The van der Waals surface area contributed by atoms with E-state index in [1.165, 1.54) is 89.9 Å². The third-order valence-corrected chi connectivity index (χ3v) is 14.5. The molecule has 3 saturated carbocycles. The lowest BCUT2D eigenvalue weighted by Gasteiger charge is -2.45. The summed E-state index contributed by atoms with van der Waals surface area (Å²) in [6.45, 7) is 1.63. The molecule has 8 heteroatoms. The highest BCUT2D eigenvalue weighted by molar-refractivity contribution is 8.01. The van der Waals surface area contributed by atoms with E-state index in [2.05, 4.69) is 38.7 Å². The highest BCUT2D eigenvalue weighted by Gasteiger charge is 2.56. The number of anilines is 1. The number of likely N-dealkylation sites (tertiary alicyclic amines) is 1. The molecule has 4 atom stereocenters. The van der Waals surface area contributed by atoms with Crippen LogP contribution in [0.25, 0.3) is 0 Å². The van der Waals surface area contributed by atoms with E-state index in [0.717, 1.165) is 61.5 Å². The molecule has 4 N–H and O–H groups in total. The lowest BCUT2D eigenvalue weighted by molar-refractivity contribution is -0.139. The van der Waals surface area contributed by atoms with Crippen LogP contribution in [0.2, 0.25) is 5.02 Å². The van der Waals surface area contributed by atoms with Crippen LogP contribution in [-0.4, -0.2) is 63.0 Å². The number of piperidine rings is 1. The minimum atomic E-state index is -0.595. The van der Waals surface area contributed by atoms with E-state index in [9.17, 15) is 5.11 Å². The first-order valence-electron chi connectivity index (χ1n) is 18.7. The van der Waals surface area contributed by atoms with Crippen LogP contribution < -0.4 is 16.0 Å². The number of thioether (sulfide) groups is 1. The highest BCUT2D eigenvalue weighted by atomic mass is 35.5. The van der Waals surface area contributed by atoms with Crippen molar-refractivity contribution in [2.24, 2.45) is 11.8 Å². The Morgan fingerprint density at radius 2 is 1.51 bits per heavy atom. The molecule has 45 heavy (non-hydrogen) atoms. The van der Waals surface area contributed by atoms with Gasteiger partial charge in [-0.1, -0.05) is 94.7 Å². The molecule has 0 radical (unpaired) electrons. The van der Waals surface area contributed by atoms with Crippen LogP contribution in [0.5, 0.6) is 0 Å². The normalized spacial score (nSPS) is 37.1. The molecule has 7 rings (SSSR count). The maximum Gasteiger partial charge on any atom is 0.248 e. The number of carbonyl (C=O) groups excluding carboxylic acids is 1. The summed E-state index contributed by atoms with van der Waals surface area (Å²) in [7, 11) is 0. The summed E-state index contributed by atoms with van der Waals surface area (Å²) < 4.78 is 0. The van der Waals surface area contributed by atoms with Crippen LogP contribution in [0, 0.1) is 11.8 Å². The molecule has 1 aromatic carbocycles. The number of nitrogens with one attached hydrogen (secondary N) is 3. The summed E-state index contributed by atoms with van der Waals surface area (Å²) in [5.41, 5.74) is 1.59. The molecule has 1 aromatic rings. The first-order chi connectivity index (χ1) is 22.0. The number of hydrogen-bond donors (Lipinski definition) is 4. The van der Waals surface area contributed by atoms with Gasteiger partial charge in [-0.3, -0.25) is 15.4 Å². The lowest BCUT2D eigenvalue weighted by Crippen LogP contribution is -2.64. The molecular formula is C37H57ClN4O2S. The van der Waals surface area contributed by atoms with Crippen molar-refractivity contribution in [1.82, 2.24) is 15.5 Å². The van der Waals surface area contributed by atoms with Crippen molar-refractivity contribution in [1.29, 1.82) is 0 Å². The second-order valence-electron chi connectivity index (χ2n) is 15.5. The predicted octanol–water partition coefficient (Wildman–Crippen LogP) is 7.62. The summed E-state index contributed by atoms with van der Waals surface area (Å²) in [6, 6.07) is 6.92. The number of hydrogen-bond acceptors (Lipinski definition) is 6. The van der Waals surface area contributed by atoms with E-state index in [0.29, 0.717) is 41.5 Å². The van der Waals surface area contributed by atoms with Crippen LogP contribution in [-0.2, 0) is 11.2 Å². The van der Waals surface area contributed by atoms with Gasteiger partial charge in [0.15, 0.2) is 0 Å². The number of aliphatic hydroxyl groups excluding tert-OH is 1. The molecule has 0 aromatic heterocycles. The number of carbonyl (C=O) groups is 1. The van der Waals surface area contributed by atoms with Crippen molar-refractivity contribution < 1.29 is 9.90 Å². The molecule has 0 bridgehead atoms. The van der Waals surface area contributed by atoms with Gasteiger partial charge in [-0.25, -0.2) is 0 Å². The third kappa shape index (κ3) is 6.82. The zero-order valence-electron chi connectivity index (χ0n) is 27.3. The summed E-state index contributed by atoms with van der Waals surface area (Å²) in [5, 5.41) is 23.5. The molecule has 3 aliphatic heterocycles. The Labute approximate surface area is 281 Å². The maximum atomic E-state index is 15.0. The SMILES string of the molecule is O=C(N1CCC2NC(N[C@H]3C[C@H](O)C3)(C3CCCCCCCCC3)SC2C1)C1(C2CCCCCCC2)Cc2c(Cl)cccc2N1. The van der Waals surface area contributed by atoms with Crippen LogP contribution in [0.3, 0.4) is 0 Å². The standard InChI is InChI=1S/C37H57ClN4O2S/c38-31-18-13-19-32-30(31)24-36(40-32,26-14-9-7-4-8-10-15-26)35(44)42-21-20-33-34(25-42)45-37(41-33,39-28-22-29(43)23-28)27-16-11-5-2-1-3-6-12-17-27/h13,18-19,26-29,33-34,39-41,43H,1-12,14-17,20-25H2/t28-,29-,33?,34?,36?,37?. The van der Waals surface area contributed by atoms with Crippen molar-refractivity contribution in [2.45, 2.75) is 162 Å². The summed E-state index contributed by atoms with van der Waals surface area (Å²) in [4.78, 5) is 17.1. The van der Waals surface area contributed by atoms with Crippen molar-refractivity contribution in [3.05, 3.63) is 28.8 Å². The predicted molar refractivity (Wildman–Crippen MR) is 187 cm³/mol. The van der Waals surface area contributed by atoms with Gasteiger partial charge in [0, 0.05) is 53.5 Å². The van der Waals surface area contributed by atoms with E-state index in [1.54, 1.807) is 0 Å². The molecule has 6 nitrogen and oxygen atoms in total. The van der Waals surface area contributed by atoms with E-state index in [1.807, 2.05) is 12.1 Å². The molecular weight excluding hydrogens is 600 g/mol. The number of amides is 1. The van der Waals surface area contributed by atoms with E-state index in [4.69, 9.17) is 11.6 Å². The Morgan fingerprint density at radius 3 is 2.13 bits per heavy atom. The summed E-state index contributed by atoms with van der Waals surface area (Å²) in [5.74, 6) is 1.21. The molecule has 2 saturated heterocycles. The van der Waals surface area contributed by atoms with Gasteiger partial charge in [-0.2, -0.15) is 0 Å². The van der Waals surface area contributed by atoms with Crippen molar-refractivity contribution in [2.75, 3.05) is 18.4 Å². The fourth-order valence-corrected chi connectivity index (χ4v) is 12.0. The quantitative estimate of drug-likeness (QED) is 0.261. The maximum absolute atomic E-state index is 15.0. The van der Waals surface area contributed by atoms with Crippen molar-refractivity contribution in [3.8, 4) is 0 Å². The van der Waals surface area contributed by atoms with E-state index >= 15 is 4.79 Å². The Bertz CT molecular complexity index is 1160. The molecule has 6 aliphatic rings. The van der Waals surface area contributed by atoms with Gasteiger partial charge in [-0.05, 0) is 68.6 Å². The Kier molecular flexibility index (Phi) is 10.3. The lowest BCUT2D eigenvalue weighted by atomic mass is 9.73. The molecule has 0 spiro atoms. The monoisotopic (exact) mass is 656 g/mol. The number of halogens is 1. The second-order valence-corrected chi connectivity index (χ2v) is 17.4. The van der Waals surface area contributed by atoms with E-state index in [-0.39, 0.29) is 11.1 Å². The smallest absolute Gasteiger partial charge is 0.248 e. The van der Waals surface area contributed by atoms with Gasteiger partial charge in [-0.15, -0.1) is 11.8 Å². The molecule has 3 aliphatic carbocycles. The van der Waals surface area contributed by atoms with Gasteiger partial charge in [0.1, 0.15) is 10.5 Å². The van der Waals surface area contributed by atoms with Gasteiger partial charge in [0.2, 0.25) is 5.91 Å². The second kappa shape index (κ2) is 14.2. The summed E-state index contributed by atoms with van der Waals surface area (Å²) >= 11 is 8.88. The zero-order chi connectivity index (χ0) is 30.9. The van der Waals surface area contributed by atoms with Crippen molar-refractivity contribution >= 4 is 35.0 Å². The average Bonchev–Trinajstić information content (AvgIpc) is 3.59. The number of fused-ring (bicyclic) bond motifs is 2. The zero-order valence-corrected chi connectivity index (χ0v) is 28.9. The minimum absolute atomic E-state index is 0.161. The fourth-order valence-electron chi connectivity index (χ4n) is 9.77. The number of benzene rings is 1. The Balaban J connectivity index is 1.12. The molecule has 4 unspecified atom stereocenters. The first-order valence-corrected chi connectivity index (χ1v) is 20.0. The van der Waals surface area contributed by atoms with Crippen LogP contribution in [0.4, 0.5) is 5.69 Å². The molecule has 5 fully saturated rings. The number of rotatable bonds is 5. The number of nitrogens with zero attached hydrogens (tertiary/aromatic N) is 1. The van der Waals surface area contributed by atoms with Crippen LogP contribution in [0.1, 0.15) is 128 Å². The fraction of sp³-hybridized carbons (Fsp3) is 0.811. The molecule has 1 amide bonds. The average molecular weight is 657 g/mol. The largest absolute Gasteiger partial charge is 0.393 e. The third-order valence-electron chi connectivity index (χ3n) is 12.4. The summed E-state index contributed by atoms with van der Waals surface area (Å²) in [6.07, 6.45) is 23.7. The van der Waals surface area contributed by atoms with Gasteiger partial charge in [0.25, 0.3) is 0 Å². The topological polar surface area (TPSA) is 76.6 Å². The molecule has 250 valence electrons. The molecule has 3 heterocycles. The van der Waals surface area contributed by atoms with Crippen LogP contribution in [0.15, 0.2) is 18.2 Å². The highest BCUT2D eigenvalue weighted by Crippen LogP contribution is 2.49. The van der Waals surface area contributed by atoms with Gasteiger partial charge >= 0.3 is 0 Å². The van der Waals surface area contributed by atoms with E-state index < -0.39 is 5.54 Å². The Hall–Kier alpha value is -0.990. The Morgan fingerprint density at radius 1 is 0.889 bits per heavy atom. The first kappa shape index (κ1) is 32.6. The van der Waals surface area contributed by atoms with Crippen LogP contribution >= 0.6 is 23.4 Å². The number of aliphatic hydroxyl groups is 1. The van der Waals surface area contributed by atoms with Crippen molar-refractivity contribution in [3.63, 3.8) is 0 Å².